The van der Waals surface area contributed by atoms with Crippen molar-refractivity contribution in [2.75, 3.05) is 19.8 Å². The summed E-state index contributed by atoms with van der Waals surface area (Å²) in [5, 5.41) is 28.8. The highest BCUT2D eigenvalue weighted by Gasteiger charge is 2.28. The maximum atomic E-state index is 12.6. The van der Waals surface area contributed by atoms with E-state index in [0.717, 1.165) is 57.8 Å². The van der Waals surface area contributed by atoms with E-state index in [4.69, 9.17) is 24.8 Å². The zero-order chi connectivity index (χ0) is 44.5. The monoisotopic (exact) mass is 861 g/mol. The fraction of sp³-hybridized carbons (Fsp3) is 0.543. The second-order valence-electron chi connectivity index (χ2n) is 13.8. The molecule has 13 nitrogen and oxygen atoms in total. The summed E-state index contributed by atoms with van der Waals surface area (Å²) in [7, 11) is -4.77. The van der Waals surface area contributed by atoms with Crippen molar-refractivity contribution in [2.45, 2.75) is 141 Å². The predicted molar refractivity (Wildman–Crippen MR) is 238 cm³/mol. The molecule has 14 heteroatoms. The van der Waals surface area contributed by atoms with Gasteiger partial charge in [0.15, 0.2) is 6.10 Å². The molecule has 60 heavy (non-hydrogen) atoms. The number of aliphatic hydroxyl groups excluding tert-OH is 2. The Balaban J connectivity index is 4.66. The molecule has 0 aliphatic carbocycles. The number of nitrogens with two attached hydrogens (primary N) is 1. The highest BCUT2D eigenvalue weighted by atomic mass is 31.2. The largest absolute Gasteiger partial charge is 0.480 e. The van der Waals surface area contributed by atoms with Crippen LogP contribution in [0.3, 0.4) is 0 Å². The molecule has 0 saturated heterocycles. The number of carbonyl (C=O) groups excluding carboxylic acids is 2. The van der Waals surface area contributed by atoms with Gasteiger partial charge in [0.1, 0.15) is 12.6 Å². The van der Waals surface area contributed by atoms with E-state index in [2.05, 4.69) is 47.9 Å². The molecular weight excluding hydrogens is 789 g/mol. The van der Waals surface area contributed by atoms with Crippen molar-refractivity contribution in [3.63, 3.8) is 0 Å². The fourth-order valence-electron chi connectivity index (χ4n) is 4.87. The van der Waals surface area contributed by atoms with Gasteiger partial charge in [0.25, 0.3) is 0 Å². The van der Waals surface area contributed by atoms with Crippen LogP contribution in [-0.4, -0.2) is 82.3 Å². The molecule has 0 rings (SSSR count). The lowest BCUT2D eigenvalue weighted by Crippen LogP contribution is -2.34. The standard InChI is InChI=1S/C46H72NO12P/c1-3-5-7-8-9-10-11-12-13-14-15-16-17-22-30-36-45(51)59-42(38-57-60(54,55)58-39-43(47)46(52)53)37-56-44(50)35-29-21-19-18-20-26-32-41(49)34-28-24-23-27-33-40(48)31-25-6-4-2/h5-7,9-10,12-13,19-21,23-28,33-34,40-43,48-49H,3-4,8,11,14-18,22,29-32,35-39,47H2,1-2H3,(H,52,53)(H,54,55)/b7-5-,10-9-,13-12-,21-19-,24-23-,25-6-,26-20-,33-27+,34-28+/t40-,41+,42-,43+/m1/s1. The summed E-state index contributed by atoms with van der Waals surface area (Å²) in [4.78, 5) is 45.9. The number of aliphatic carboxylic acids is 1. The van der Waals surface area contributed by atoms with Gasteiger partial charge >= 0.3 is 25.7 Å². The zero-order valence-electron chi connectivity index (χ0n) is 35.7. The van der Waals surface area contributed by atoms with Crippen molar-refractivity contribution < 1.29 is 57.7 Å². The van der Waals surface area contributed by atoms with Gasteiger partial charge in [-0.05, 0) is 70.6 Å². The predicted octanol–water partition coefficient (Wildman–Crippen LogP) is 9.00. The number of rotatable bonds is 37. The van der Waals surface area contributed by atoms with Crippen molar-refractivity contribution in [1.82, 2.24) is 0 Å². The molecule has 0 aromatic carbocycles. The average Bonchev–Trinajstić information content (AvgIpc) is 3.21. The van der Waals surface area contributed by atoms with Crippen molar-refractivity contribution in [1.29, 1.82) is 0 Å². The van der Waals surface area contributed by atoms with E-state index in [-0.39, 0.29) is 12.8 Å². The molecule has 0 amide bonds. The van der Waals surface area contributed by atoms with E-state index in [1.807, 2.05) is 43.4 Å². The number of carboxylic acids is 1. The molecule has 1 unspecified atom stereocenters. The van der Waals surface area contributed by atoms with Gasteiger partial charge in [0, 0.05) is 12.8 Å². The fourth-order valence-corrected chi connectivity index (χ4v) is 5.64. The Morgan fingerprint density at radius 3 is 1.72 bits per heavy atom. The van der Waals surface area contributed by atoms with Crippen molar-refractivity contribution >= 4 is 25.7 Å². The lowest BCUT2D eigenvalue weighted by molar-refractivity contribution is -0.161. The average molecular weight is 862 g/mol. The molecule has 0 aromatic heterocycles. The zero-order valence-corrected chi connectivity index (χ0v) is 36.6. The van der Waals surface area contributed by atoms with E-state index in [1.54, 1.807) is 36.5 Å². The van der Waals surface area contributed by atoms with Crippen molar-refractivity contribution in [3.8, 4) is 0 Å². The van der Waals surface area contributed by atoms with Crippen LogP contribution in [0.1, 0.15) is 117 Å². The normalized spacial score (nSPS) is 15.8. The Hall–Kier alpha value is -3.94. The van der Waals surface area contributed by atoms with E-state index in [0.29, 0.717) is 32.1 Å². The highest BCUT2D eigenvalue weighted by molar-refractivity contribution is 7.47. The Labute approximate surface area is 358 Å². The summed E-state index contributed by atoms with van der Waals surface area (Å²) < 4.78 is 32.5. The molecule has 0 heterocycles. The van der Waals surface area contributed by atoms with Crippen molar-refractivity contribution in [3.05, 3.63) is 109 Å². The molecule has 0 spiro atoms. The van der Waals surface area contributed by atoms with Crippen LogP contribution >= 0.6 is 7.82 Å². The second-order valence-corrected chi connectivity index (χ2v) is 15.2. The number of phosphoric ester groups is 1. The van der Waals surface area contributed by atoms with Crippen LogP contribution in [-0.2, 0) is 37.5 Å². The number of allylic oxidation sites excluding steroid dienone is 14. The van der Waals surface area contributed by atoms with Gasteiger partial charge in [-0.25, -0.2) is 4.57 Å². The first kappa shape index (κ1) is 56.1. The van der Waals surface area contributed by atoms with E-state index in [1.165, 1.54) is 0 Å². The SMILES string of the molecule is CC/C=C\C/C=C\C/C=C\CCCCCCCC(=O)O[C@H](COC(=O)CC/C=C\C/C=C\C[C@H](O)/C=C/C=C\C=C\[C@H](O)C/C=C\CC)COP(=O)(O)OC[C@H](N)C(=O)O. The summed E-state index contributed by atoms with van der Waals surface area (Å²) in [6, 6.07) is -1.56. The summed E-state index contributed by atoms with van der Waals surface area (Å²) in [6.07, 6.45) is 43.8. The lowest BCUT2D eigenvalue weighted by atomic mass is 10.1. The van der Waals surface area contributed by atoms with Crippen LogP contribution in [0, 0.1) is 0 Å². The van der Waals surface area contributed by atoms with Gasteiger partial charge in [0.05, 0.1) is 25.4 Å². The van der Waals surface area contributed by atoms with Crippen LogP contribution in [0.25, 0.3) is 0 Å². The molecule has 0 radical (unpaired) electrons. The Bertz CT molecular complexity index is 1460. The molecule has 6 N–H and O–H groups in total. The molecule has 0 bridgehead atoms. The van der Waals surface area contributed by atoms with Gasteiger partial charge in [-0.15, -0.1) is 0 Å². The number of hydrogen-bond donors (Lipinski definition) is 5. The molecule has 0 aromatic rings. The number of esters is 2. The third kappa shape index (κ3) is 38.3. The third-order valence-corrected chi connectivity index (χ3v) is 9.15. The third-order valence-electron chi connectivity index (χ3n) is 8.20. The Morgan fingerprint density at radius 2 is 1.10 bits per heavy atom. The van der Waals surface area contributed by atoms with Crippen LogP contribution in [0.2, 0.25) is 0 Å². The van der Waals surface area contributed by atoms with Crippen LogP contribution in [0.5, 0.6) is 0 Å². The van der Waals surface area contributed by atoms with Crippen LogP contribution in [0.4, 0.5) is 0 Å². The van der Waals surface area contributed by atoms with Gasteiger partial charge in [-0.2, -0.15) is 0 Å². The number of carbonyl (C=O) groups is 3. The lowest BCUT2D eigenvalue weighted by Gasteiger charge is -2.20. The number of aliphatic hydroxyl groups is 2. The van der Waals surface area contributed by atoms with Gasteiger partial charge < -0.3 is 35.4 Å². The molecule has 0 aliphatic rings. The number of ether oxygens (including phenoxy) is 2. The topological polar surface area (TPSA) is 212 Å². The van der Waals surface area contributed by atoms with Crippen LogP contribution in [0.15, 0.2) is 109 Å². The number of unbranched alkanes of at least 4 members (excludes halogenated alkanes) is 5. The Kier molecular flexibility index (Phi) is 36.6. The van der Waals surface area contributed by atoms with E-state index >= 15 is 0 Å². The number of phosphoric acid groups is 1. The smallest absolute Gasteiger partial charge is 0.472 e. The minimum absolute atomic E-state index is 0.0290. The second kappa shape index (κ2) is 39.2. The summed E-state index contributed by atoms with van der Waals surface area (Å²) >= 11 is 0. The quantitative estimate of drug-likeness (QED) is 0.0130. The van der Waals surface area contributed by atoms with E-state index < -0.39 is 69.9 Å². The molecule has 0 aliphatic heterocycles. The maximum absolute atomic E-state index is 12.6. The molecular formula is C46H72NO12P. The highest BCUT2D eigenvalue weighted by Crippen LogP contribution is 2.43. The minimum atomic E-state index is -4.77. The van der Waals surface area contributed by atoms with E-state index in [9.17, 15) is 34.1 Å². The molecule has 0 saturated carbocycles. The maximum Gasteiger partial charge on any atom is 0.472 e. The summed E-state index contributed by atoms with van der Waals surface area (Å²) in [5.41, 5.74) is 5.32. The first-order valence-electron chi connectivity index (χ1n) is 21.1. The van der Waals surface area contributed by atoms with Gasteiger partial charge in [-0.3, -0.25) is 23.4 Å². The Morgan fingerprint density at radius 1 is 0.600 bits per heavy atom. The molecule has 0 fully saturated rings. The molecule has 338 valence electrons. The van der Waals surface area contributed by atoms with Gasteiger partial charge in [-0.1, -0.05) is 142 Å². The summed E-state index contributed by atoms with van der Waals surface area (Å²) in [6.45, 7) is 2.27. The van der Waals surface area contributed by atoms with Crippen molar-refractivity contribution in [2.24, 2.45) is 5.73 Å². The van der Waals surface area contributed by atoms with Gasteiger partial charge in [0.2, 0.25) is 0 Å². The first-order chi connectivity index (χ1) is 28.9. The molecule has 5 atom stereocenters. The number of hydrogen-bond acceptors (Lipinski definition) is 11. The minimum Gasteiger partial charge on any atom is -0.480 e. The summed E-state index contributed by atoms with van der Waals surface area (Å²) in [5.74, 6) is -2.61. The van der Waals surface area contributed by atoms with Crippen LogP contribution < -0.4 is 5.73 Å². The first-order valence-corrected chi connectivity index (χ1v) is 22.6. The number of carboxylic acid groups (broad SMARTS) is 1.